The van der Waals surface area contributed by atoms with Crippen LogP contribution in [0.2, 0.25) is 0 Å². The molecule has 11 rings (SSSR count). The third kappa shape index (κ3) is 4.17. The van der Waals surface area contributed by atoms with Gasteiger partial charge in [0.25, 0.3) is 0 Å². The number of hydrogen-bond acceptors (Lipinski definition) is 3. The molecule has 0 aliphatic heterocycles. The lowest BCUT2D eigenvalue weighted by atomic mass is 9.82. The van der Waals surface area contributed by atoms with Gasteiger partial charge in [0.1, 0.15) is 11.2 Å². The number of benzene rings is 8. The van der Waals surface area contributed by atoms with Crippen molar-refractivity contribution in [3.63, 3.8) is 0 Å². The van der Waals surface area contributed by atoms with Crippen molar-refractivity contribution in [3.05, 3.63) is 175 Å². The first-order valence-corrected chi connectivity index (χ1v) is 18.7. The van der Waals surface area contributed by atoms with E-state index in [4.69, 9.17) is 4.42 Å². The van der Waals surface area contributed by atoms with Crippen molar-refractivity contribution in [2.75, 3.05) is 4.90 Å². The SMILES string of the molecule is CC1(C)c2ccccc2-c2ccc(N(c3ccccc3)c3ccc4oc5c(-c6cccc7c6sc6ccccc67)c6ccccc6cc5c4c3)cc21. The summed E-state index contributed by atoms with van der Waals surface area (Å²) in [5.74, 6) is 0. The van der Waals surface area contributed by atoms with Gasteiger partial charge in [-0.15, -0.1) is 11.3 Å². The molecule has 0 N–H and O–H groups in total. The third-order valence-corrected chi connectivity index (χ3v) is 12.5. The van der Waals surface area contributed by atoms with Crippen LogP contribution in [-0.4, -0.2) is 0 Å². The molecule has 2 aromatic heterocycles. The number of anilines is 3. The van der Waals surface area contributed by atoms with Crippen LogP contribution in [0.1, 0.15) is 25.0 Å². The predicted molar refractivity (Wildman–Crippen MR) is 222 cm³/mol. The molecule has 0 bridgehead atoms. The molecular formula is C49H33NOS. The Balaban J connectivity index is 1.15. The molecule has 0 fully saturated rings. The maximum Gasteiger partial charge on any atom is 0.143 e. The summed E-state index contributed by atoms with van der Waals surface area (Å²) >= 11 is 1.86. The molecule has 1 aliphatic rings. The van der Waals surface area contributed by atoms with Gasteiger partial charge in [-0.25, -0.2) is 0 Å². The minimum absolute atomic E-state index is 0.0935. The normalized spacial score (nSPS) is 13.3. The highest BCUT2D eigenvalue weighted by Crippen LogP contribution is 2.51. The predicted octanol–water partition coefficient (Wildman–Crippen LogP) is 14.6. The quantitative estimate of drug-likeness (QED) is 0.184. The van der Waals surface area contributed by atoms with Gasteiger partial charge in [0.15, 0.2) is 0 Å². The van der Waals surface area contributed by atoms with Gasteiger partial charge in [0.2, 0.25) is 0 Å². The first-order valence-electron chi connectivity index (χ1n) is 17.9. The second-order valence-electron chi connectivity index (χ2n) is 14.5. The summed E-state index contributed by atoms with van der Waals surface area (Å²) in [6.07, 6.45) is 0. The van der Waals surface area contributed by atoms with Crippen LogP contribution < -0.4 is 4.90 Å². The first-order chi connectivity index (χ1) is 25.5. The summed E-state index contributed by atoms with van der Waals surface area (Å²) in [5, 5.41) is 7.23. The van der Waals surface area contributed by atoms with E-state index in [-0.39, 0.29) is 5.41 Å². The number of rotatable bonds is 4. The Morgan fingerprint density at radius 1 is 0.481 bits per heavy atom. The fraction of sp³-hybridized carbons (Fsp3) is 0.0612. The Morgan fingerprint density at radius 3 is 2.08 bits per heavy atom. The zero-order chi connectivity index (χ0) is 34.6. The van der Waals surface area contributed by atoms with Crippen molar-refractivity contribution in [1.29, 1.82) is 0 Å². The second-order valence-corrected chi connectivity index (χ2v) is 15.5. The number of thiophene rings is 1. The van der Waals surface area contributed by atoms with Crippen LogP contribution in [-0.2, 0) is 5.41 Å². The molecule has 3 heteroatoms. The second kappa shape index (κ2) is 10.9. The van der Waals surface area contributed by atoms with Gasteiger partial charge in [-0.1, -0.05) is 123 Å². The number of furan rings is 1. The summed E-state index contributed by atoms with van der Waals surface area (Å²) in [5.41, 5.74) is 12.8. The average molecular weight is 684 g/mol. The van der Waals surface area contributed by atoms with Crippen molar-refractivity contribution in [1.82, 2.24) is 0 Å². The third-order valence-electron chi connectivity index (χ3n) is 11.2. The highest BCUT2D eigenvalue weighted by atomic mass is 32.1. The largest absolute Gasteiger partial charge is 0.455 e. The molecule has 0 spiro atoms. The Hall–Kier alpha value is -6.16. The number of hydrogen-bond donors (Lipinski definition) is 0. The maximum atomic E-state index is 6.93. The highest BCUT2D eigenvalue weighted by molar-refractivity contribution is 7.26. The van der Waals surface area contributed by atoms with E-state index in [9.17, 15) is 0 Å². The first kappa shape index (κ1) is 29.6. The van der Waals surface area contributed by atoms with Gasteiger partial charge in [0, 0.05) is 64.5 Å². The van der Waals surface area contributed by atoms with Crippen LogP contribution in [0, 0.1) is 0 Å². The van der Waals surface area contributed by atoms with E-state index in [0.717, 1.165) is 44.6 Å². The van der Waals surface area contributed by atoms with Crippen LogP contribution in [0.3, 0.4) is 0 Å². The molecule has 0 saturated heterocycles. The molecule has 0 unspecified atom stereocenters. The zero-order valence-electron chi connectivity index (χ0n) is 28.9. The smallest absolute Gasteiger partial charge is 0.143 e. The molecule has 0 amide bonds. The molecule has 246 valence electrons. The lowest BCUT2D eigenvalue weighted by Gasteiger charge is -2.28. The molecule has 8 aromatic carbocycles. The van der Waals surface area contributed by atoms with E-state index in [2.05, 4.69) is 183 Å². The van der Waals surface area contributed by atoms with Crippen LogP contribution in [0.15, 0.2) is 168 Å². The lowest BCUT2D eigenvalue weighted by Crippen LogP contribution is -2.16. The molecule has 52 heavy (non-hydrogen) atoms. The van der Waals surface area contributed by atoms with Crippen molar-refractivity contribution >= 4 is 81.3 Å². The molecule has 2 heterocycles. The van der Waals surface area contributed by atoms with Crippen molar-refractivity contribution in [2.45, 2.75) is 19.3 Å². The van der Waals surface area contributed by atoms with Gasteiger partial charge in [-0.05, 0) is 87.6 Å². The van der Waals surface area contributed by atoms with E-state index in [1.54, 1.807) is 0 Å². The van der Waals surface area contributed by atoms with E-state index >= 15 is 0 Å². The van der Waals surface area contributed by atoms with Crippen LogP contribution in [0.25, 0.3) is 75.1 Å². The molecular weight excluding hydrogens is 651 g/mol. The Morgan fingerprint density at radius 2 is 1.17 bits per heavy atom. The van der Waals surface area contributed by atoms with Gasteiger partial charge in [-0.2, -0.15) is 0 Å². The van der Waals surface area contributed by atoms with Crippen LogP contribution in [0.4, 0.5) is 17.1 Å². The lowest BCUT2D eigenvalue weighted by molar-refractivity contribution is 0.660. The van der Waals surface area contributed by atoms with Gasteiger partial charge < -0.3 is 9.32 Å². The number of fused-ring (bicyclic) bond motifs is 10. The van der Waals surface area contributed by atoms with E-state index in [0.29, 0.717) is 0 Å². The molecule has 0 atom stereocenters. The van der Waals surface area contributed by atoms with Gasteiger partial charge >= 0.3 is 0 Å². The fourth-order valence-corrected chi connectivity index (χ4v) is 9.99. The summed E-state index contributed by atoms with van der Waals surface area (Å²) in [7, 11) is 0. The highest BCUT2D eigenvalue weighted by Gasteiger charge is 2.35. The van der Waals surface area contributed by atoms with Crippen molar-refractivity contribution in [3.8, 4) is 22.3 Å². The molecule has 1 aliphatic carbocycles. The van der Waals surface area contributed by atoms with Crippen LogP contribution in [0.5, 0.6) is 0 Å². The van der Waals surface area contributed by atoms with E-state index < -0.39 is 0 Å². The summed E-state index contributed by atoms with van der Waals surface area (Å²) < 4.78 is 9.52. The summed E-state index contributed by atoms with van der Waals surface area (Å²) in [6, 6.07) is 59.7. The Labute approximate surface area is 305 Å². The molecule has 2 nitrogen and oxygen atoms in total. The monoisotopic (exact) mass is 683 g/mol. The number of nitrogens with zero attached hydrogens (tertiary/aromatic N) is 1. The van der Waals surface area contributed by atoms with Gasteiger partial charge in [0.05, 0.1) is 0 Å². The average Bonchev–Trinajstić information content (AvgIpc) is 3.82. The van der Waals surface area contributed by atoms with Crippen LogP contribution >= 0.6 is 11.3 Å². The molecule has 10 aromatic rings. The van der Waals surface area contributed by atoms with Crippen molar-refractivity contribution in [2.24, 2.45) is 0 Å². The fourth-order valence-electron chi connectivity index (χ4n) is 8.77. The number of para-hydroxylation sites is 1. The van der Waals surface area contributed by atoms with Gasteiger partial charge in [-0.3, -0.25) is 0 Å². The van der Waals surface area contributed by atoms with E-state index in [1.807, 2.05) is 11.3 Å². The van der Waals surface area contributed by atoms with E-state index in [1.165, 1.54) is 58.8 Å². The topological polar surface area (TPSA) is 16.4 Å². The maximum absolute atomic E-state index is 6.93. The molecule has 0 radical (unpaired) electrons. The molecule has 0 saturated carbocycles. The Bertz CT molecular complexity index is 3060. The zero-order valence-corrected chi connectivity index (χ0v) is 29.7. The summed E-state index contributed by atoms with van der Waals surface area (Å²) in [6.45, 7) is 4.69. The standard InChI is InChI=1S/C49H33NOS/c1-49(2)42-21-10-8-17-35(42)36-25-23-33(29-43(36)49)50(31-14-4-3-5-15-31)32-24-26-44-40(28-32)41-27-30-13-6-7-16-34(30)46(47(41)51-44)39-20-12-19-38-37-18-9-11-22-45(37)52-48(38)39/h3-29H,1-2H3. The minimum atomic E-state index is -0.0935. The minimum Gasteiger partial charge on any atom is -0.455 e. The summed E-state index contributed by atoms with van der Waals surface area (Å²) in [4.78, 5) is 2.39. The Kier molecular flexibility index (Phi) is 6.21. The van der Waals surface area contributed by atoms with Crippen molar-refractivity contribution < 1.29 is 4.42 Å².